The fraction of sp³-hybridized carbons (Fsp3) is 0.0417. The number of rotatable bonds is 5. The van der Waals surface area contributed by atoms with Gasteiger partial charge in [-0.2, -0.15) is 5.10 Å². The summed E-state index contributed by atoms with van der Waals surface area (Å²) < 4.78 is 15.3. The van der Waals surface area contributed by atoms with Crippen molar-refractivity contribution < 1.29 is 9.18 Å². The van der Waals surface area contributed by atoms with Gasteiger partial charge in [0.15, 0.2) is 0 Å². The smallest absolute Gasteiger partial charge is 0.259 e. The van der Waals surface area contributed by atoms with Crippen LogP contribution >= 0.6 is 0 Å². The Balaban J connectivity index is 1.56. The number of aromatic nitrogens is 4. The van der Waals surface area contributed by atoms with Crippen LogP contribution < -0.4 is 5.32 Å². The number of benzene rings is 3. The van der Waals surface area contributed by atoms with E-state index in [1.54, 1.807) is 30.7 Å². The zero-order chi connectivity index (χ0) is 21.2. The van der Waals surface area contributed by atoms with Crippen LogP contribution in [0.3, 0.4) is 0 Å². The van der Waals surface area contributed by atoms with Crippen molar-refractivity contribution in [3.8, 4) is 11.3 Å². The minimum absolute atomic E-state index is 0.284. The van der Waals surface area contributed by atoms with E-state index in [4.69, 9.17) is 0 Å². The normalized spacial score (nSPS) is 11.0. The van der Waals surface area contributed by atoms with Gasteiger partial charge in [-0.05, 0) is 35.9 Å². The monoisotopic (exact) mass is 411 g/mol. The SMILES string of the molecule is O=C(Nc1c(-c2ccc(F)cc2)ncn1Cc1ccccc1)c1cccc2cn[nH]c12. The van der Waals surface area contributed by atoms with E-state index in [0.717, 1.165) is 10.9 Å². The van der Waals surface area contributed by atoms with Gasteiger partial charge in [0.2, 0.25) is 0 Å². The average Bonchev–Trinajstić information content (AvgIpc) is 3.42. The van der Waals surface area contributed by atoms with Crippen LogP contribution in [0.25, 0.3) is 22.2 Å². The van der Waals surface area contributed by atoms with Gasteiger partial charge in [0.1, 0.15) is 17.3 Å². The Kier molecular flexibility index (Phi) is 4.76. The maximum atomic E-state index is 13.4. The van der Waals surface area contributed by atoms with Crippen LogP contribution in [0.15, 0.2) is 85.3 Å². The van der Waals surface area contributed by atoms with E-state index in [1.807, 2.05) is 47.0 Å². The molecule has 1 amide bonds. The summed E-state index contributed by atoms with van der Waals surface area (Å²) in [6.07, 6.45) is 3.35. The Morgan fingerprint density at radius 1 is 1.00 bits per heavy atom. The van der Waals surface area contributed by atoms with Crippen LogP contribution in [0.5, 0.6) is 0 Å². The van der Waals surface area contributed by atoms with Gasteiger partial charge in [-0.25, -0.2) is 9.37 Å². The van der Waals surface area contributed by atoms with Gasteiger partial charge in [0.25, 0.3) is 5.91 Å². The van der Waals surface area contributed by atoms with E-state index in [9.17, 15) is 9.18 Å². The number of para-hydroxylation sites is 1. The molecule has 0 aliphatic carbocycles. The molecule has 0 spiro atoms. The highest BCUT2D eigenvalue weighted by Crippen LogP contribution is 2.29. The molecule has 0 fully saturated rings. The number of hydrogen-bond acceptors (Lipinski definition) is 3. The first-order chi connectivity index (χ1) is 15.2. The zero-order valence-corrected chi connectivity index (χ0v) is 16.4. The van der Waals surface area contributed by atoms with Crippen molar-refractivity contribution in [1.82, 2.24) is 19.7 Å². The van der Waals surface area contributed by atoms with E-state index in [2.05, 4.69) is 20.5 Å². The number of H-pyrrole nitrogens is 1. The Hall–Kier alpha value is -4.26. The van der Waals surface area contributed by atoms with E-state index < -0.39 is 0 Å². The maximum Gasteiger partial charge on any atom is 0.259 e. The molecule has 2 aromatic heterocycles. The third-order valence-corrected chi connectivity index (χ3v) is 5.10. The Bertz CT molecular complexity index is 1360. The number of carbonyl (C=O) groups is 1. The number of imidazole rings is 1. The summed E-state index contributed by atoms with van der Waals surface area (Å²) in [5.74, 6) is -0.0750. The largest absolute Gasteiger partial charge is 0.312 e. The van der Waals surface area contributed by atoms with Gasteiger partial charge in [-0.15, -0.1) is 0 Å². The van der Waals surface area contributed by atoms with Crippen molar-refractivity contribution >= 4 is 22.6 Å². The van der Waals surface area contributed by atoms with Crippen molar-refractivity contribution in [2.75, 3.05) is 5.32 Å². The van der Waals surface area contributed by atoms with Crippen molar-refractivity contribution in [3.63, 3.8) is 0 Å². The summed E-state index contributed by atoms with van der Waals surface area (Å²) in [5.41, 5.74) is 3.49. The van der Waals surface area contributed by atoms with Crippen LogP contribution in [0, 0.1) is 5.82 Å². The Morgan fingerprint density at radius 2 is 1.81 bits per heavy atom. The van der Waals surface area contributed by atoms with Crippen LogP contribution in [-0.4, -0.2) is 25.7 Å². The number of carbonyl (C=O) groups excluding carboxylic acids is 1. The first kappa shape index (κ1) is 18.7. The lowest BCUT2D eigenvalue weighted by molar-refractivity contribution is 0.102. The molecule has 2 heterocycles. The minimum Gasteiger partial charge on any atom is -0.312 e. The third kappa shape index (κ3) is 3.69. The van der Waals surface area contributed by atoms with Crippen LogP contribution in [0.1, 0.15) is 15.9 Å². The molecule has 0 atom stereocenters. The van der Waals surface area contributed by atoms with E-state index in [1.165, 1.54) is 12.1 Å². The summed E-state index contributed by atoms with van der Waals surface area (Å²) >= 11 is 0. The second-order valence-electron chi connectivity index (χ2n) is 7.16. The molecule has 6 nitrogen and oxygen atoms in total. The van der Waals surface area contributed by atoms with Crippen molar-refractivity contribution in [2.45, 2.75) is 6.54 Å². The molecule has 0 bridgehead atoms. The molecular weight excluding hydrogens is 393 g/mol. The minimum atomic E-state index is -0.330. The van der Waals surface area contributed by atoms with Gasteiger partial charge < -0.3 is 9.88 Å². The van der Waals surface area contributed by atoms with E-state index in [0.29, 0.717) is 34.7 Å². The molecule has 2 N–H and O–H groups in total. The molecule has 0 radical (unpaired) electrons. The molecular formula is C24H18FN5O. The summed E-state index contributed by atoms with van der Waals surface area (Å²) in [6.45, 7) is 0.527. The predicted octanol–water partition coefficient (Wildman–Crippen LogP) is 4.87. The number of anilines is 1. The van der Waals surface area contributed by atoms with Crippen molar-refractivity contribution in [1.29, 1.82) is 0 Å². The number of hydrogen-bond donors (Lipinski definition) is 2. The molecule has 0 saturated carbocycles. The highest BCUT2D eigenvalue weighted by molar-refractivity contribution is 6.12. The Labute approximate surface area is 177 Å². The molecule has 0 unspecified atom stereocenters. The quantitative estimate of drug-likeness (QED) is 0.433. The number of aromatic amines is 1. The van der Waals surface area contributed by atoms with Crippen molar-refractivity contribution in [2.24, 2.45) is 0 Å². The number of amides is 1. The molecule has 5 rings (SSSR count). The summed E-state index contributed by atoms with van der Waals surface area (Å²) in [6, 6.07) is 21.4. The molecule has 0 aliphatic rings. The Morgan fingerprint density at radius 3 is 2.61 bits per heavy atom. The van der Waals surface area contributed by atoms with E-state index >= 15 is 0 Å². The predicted molar refractivity (Wildman–Crippen MR) is 117 cm³/mol. The van der Waals surface area contributed by atoms with Gasteiger partial charge in [-0.3, -0.25) is 9.89 Å². The first-order valence-corrected chi connectivity index (χ1v) is 9.77. The highest BCUT2D eigenvalue weighted by atomic mass is 19.1. The topological polar surface area (TPSA) is 75.6 Å². The maximum absolute atomic E-state index is 13.4. The van der Waals surface area contributed by atoms with E-state index in [-0.39, 0.29) is 11.7 Å². The molecule has 0 aliphatic heterocycles. The average molecular weight is 411 g/mol. The standard InChI is InChI=1S/C24H18FN5O/c25-19-11-9-17(10-12-19)22-23(30(15-26-22)14-16-5-2-1-3-6-16)28-24(31)20-8-4-7-18-13-27-29-21(18)20/h1-13,15H,14H2,(H,27,29)(H,28,31). The fourth-order valence-corrected chi connectivity index (χ4v) is 3.57. The fourth-order valence-electron chi connectivity index (χ4n) is 3.57. The summed E-state index contributed by atoms with van der Waals surface area (Å²) in [4.78, 5) is 17.7. The lowest BCUT2D eigenvalue weighted by Crippen LogP contribution is -2.16. The third-order valence-electron chi connectivity index (χ3n) is 5.10. The zero-order valence-electron chi connectivity index (χ0n) is 16.4. The summed E-state index contributed by atoms with van der Waals surface area (Å²) in [5, 5.41) is 10.8. The molecule has 0 saturated heterocycles. The van der Waals surface area contributed by atoms with Crippen LogP contribution in [0.4, 0.5) is 10.2 Å². The highest BCUT2D eigenvalue weighted by Gasteiger charge is 2.19. The van der Waals surface area contributed by atoms with Gasteiger partial charge >= 0.3 is 0 Å². The molecule has 31 heavy (non-hydrogen) atoms. The van der Waals surface area contributed by atoms with Crippen LogP contribution in [-0.2, 0) is 6.54 Å². The number of nitrogens with zero attached hydrogens (tertiary/aromatic N) is 3. The number of halogens is 1. The second kappa shape index (κ2) is 7.87. The molecule has 7 heteroatoms. The van der Waals surface area contributed by atoms with Gasteiger partial charge in [0.05, 0.1) is 30.1 Å². The van der Waals surface area contributed by atoms with Crippen molar-refractivity contribution in [3.05, 3.63) is 102 Å². The summed E-state index contributed by atoms with van der Waals surface area (Å²) in [7, 11) is 0. The number of nitrogens with one attached hydrogen (secondary N) is 2. The number of fused-ring (bicyclic) bond motifs is 1. The molecule has 152 valence electrons. The van der Waals surface area contributed by atoms with Crippen LogP contribution in [0.2, 0.25) is 0 Å². The lowest BCUT2D eigenvalue weighted by atomic mass is 10.1. The molecule has 5 aromatic rings. The van der Waals surface area contributed by atoms with Gasteiger partial charge in [-0.1, -0.05) is 42.5 Å². The van der Waals surface area contributed by atoms with Gasteiger partial charge in [0, 0.05) is 10.9 Å². The second-order valence-corrected chi connectivity index (χ2v) is 7.16. The molecule has 3 aromatic carbocycles. The first-order valence-electron chi connectivity index (χ1n) is 9.77. The lowest BCUT2D eigenvalue weighted by Gasteiger charge is -2.12.